The van der Waals surface area contributed by atoms with Crippen LogP contribution in [0.2, 0.25) is 0 Å². The minimum Gasteiger partial charge on any atom is -0.300 e. The van der Waals surface area contributed by atoms with E-state index >= 15 is 0 Å². The van der Waals surface area contributed by atoms with Gasteiger partial charge in [0.2, 0.25) is 0 Å². The molecule has 1 unspecified atom stereocenters. The van der Waals surface area contributed by atoms with E-state index in [-0.39, 0.29) is 8.88 Å². The first-order chi connectivity index (χ1) is 5.04. The molecule has 1 atom stereocenters. The molecule has 0 spiro atoms. The monoisotopic (exact) mass is 200 g/mol. The van der Waals surface area contributed by atoms with Gasteiger partial charge in [-0.1, -0.05) is 0 Å². The molecule has 0 aliphatic carbocycles. The zero-order valence-electron chi connectivity index (χ0n) is 7.12. The van der Waals surface area contributed by atoms with Crippen LogP contribution in [0.3, 0.4) is 0 Å². The summed E-state index contributed by atoms with van der Waals surface area (Å²) in [4.78, 5) is 2.66. The summed E-state index contributed by atoms with van der Waals surface area (Å²) in [6.45, 7) is 0. The van der Waals surface area contributed by atoms with Crippen LogP contribution in [-0.2, 0) is 13.6 Å². The van der Waals surface area contributed by atoms with Gasteiger partial charge in [0.05, 0.1) is 0 Å². The van der Waals surface area contributed by atoms with E-state index in [2.05, 4.69) is 13.9 Å². The quantitative estimate of drug-likeness (QED) is 0.672. The molecular weight excluding hydrogens is 186 g/mol. The Morgan fingerprint density at radius 1 is 1.36 bits per heavy atom. The van der Waals surface area contributed by atoms with Gasteiger partial charge in [0.15, 0.2) is 0 Å². The Labute approximate surface area is 68.9 Å². The highest BCUT2D eigenvalue weighted by Gasteiger charge is 2.19. The van der Waals surface area contributed by atoms with Gasteiger partial charge in [-0.3, -0.25) is 13.7 Å². The maximum Gasteiger partial charge on any atom is 0.409 e. The first-order valence-corrected chi connectivity index (χ1v) is 5.45. The van der Waals surface area contributed by atoms with E-state index in [4.69, 9.17) is 0 Å². The summed E-state index contributed by atoms with van der Waals surface area (Å²) in [5, 5.41) is 0. The standard InChI is InChI=1S/C4H14N2O3P2/c1-6(2)10-5-11(7,8-3)9-4/h10H,1-4H3,(H,5,7). The molecule has 0 aliphatic rings. The lowest BCUT2D eigenvalue weighted by Gasteiger charge is -2.16. The van der Waals surface area contributed by atoms with E-state index in [1.165, 1.54) is 14.2 Å². The first kappa shape index (κ1) is 11.5. The minimum absolute atomic E-state index is 0.224. The third kappa shape index (κ3) is 4.86. The van der Waals surface area contributed by atoms with Crippen molar-refractivity contribution in [3.8, 4) is 0 Å². The Balaban J connectivity index is 3.79. The molecule has 0 aromatic rings. The van der Waals surface area contributed by atoms with E-state index in [1.807, 2.05) is 18.8 Å². The second-order valence-corrected chi connectivity index (χ2v) is 5.72. The molecule has 1 N–H and O–H groups in total. The van der Waals surface area contributed by atoms with E-state index in [0.717, 1.165) is 0 Å². The van der Waals surface area contributed by atoms with Crippen LogP contribution >= 0.6 is 16.6 Å². The summed E-state index contributed by atoms with van der Waals surface area (Å²) < 4.78 is 22.4. The van der Waals surface area contributed by atoms with Crippen molar-refractivity contribution < 1.29 is 13.6 Å². The molecule has 5 nitrogen and oxygen atoms in total. The summed E-state index contributed by atoms with van der Waals surface area (Å²) in [6, 6.07) is 0. The Hall–Kier alpha value is 0.500. The van der Waals surface area contributed by atoms with Gasteiger partial charge in [-0.15, -0.1) is 0 Å². The molecule has 0 bridgehead atoms. The average molecular weight is 200 g/mol. The SMILES string of the molecule is COP(=O)(NPN(C)C)OC. The molecule has 0 saturated heterocycles. The smallest absolute Gasteiger partial charge is 0.300 e. The fraction of sp³-hybridized carbons (Fsp3) is 1.00. The maximum atomic E-state index is 11.3. The fourth-order valence-electron chi connectivity index (χ4n) is 0.327. The molecule has 7 heteroatoms. The molecule has 68 valence electrons. The lowest BCUT2D eigenvalue weighted by molar-refractivity contribution is 0.272. The van der Waals surface area contributed by atoms with Crippen LogP contribution < -0.4 is 4.86 Å². The van der Waals surface area contributed by atoms with Crippen molar-refractivity contribution in [1.82, 2.24) is 9.53 Å². The predicted octanol–water partition coefficient (Wildman–Crippen LogP) is 1.05. The Morgan fingerprint density at radius 2 is 1.82 bits per heavy atom. The number of nitrogens with zero attached hydrogens (tertiary/aromatic N) is 1. The predicted molar refractivity (Wildman–Crippen MR) is 46.8 cm³/mol. The van der Waals surface area contributed by atoms with Crippen molar-refractivity contribution >= 4 is 16.6 Å². The summed E-state index contributed by atoms with van der Waals surface area (Å²) in [5.41, 5.74) is 0. The van der Waals surface area contributed by atoms with Crippen LogP contribution in [0, 0.1) is 0 Å². The normalized spacial score (nSPS) is 13.5. The molecule has 0 heterocycles. The average Bonchev–Trinajstić information content (AvgIpc) is 2.00. The van der Waals surface area contributed by atoms with E-state index in [0.29, 0.717) is 0 Å². The van der Waals surface area contributed by atoms with Crippen LogP contribution in [0.5, 0.6) is 0 Å². The fourth-order valence-corrected chi connectivity index (χ4v) is 2.50. The Bertz CT molecular complexity index is 144. The third-order valence-electron chi connectivity index (χ3n) is 0.891. The number of rotatable bonds is 5. The van der Waals surface area contributed by atoms with Crippen molar-refractivity contribution in [3.63, 3.8) is 0 Å². The van der Waals surface area contributed by atoms with E-state index < -0.39 is 7.75 Å². The highest BCUT2D eigenvalue weighted by molar-refractivity contribution is 7.60. The number of hydrogen-bond acceptors (Lipinski definition) is 4. The zero-order valence-corrected chi connectivity index (χ0v) is 9.01. The maximum absolute atomic E-state index is 11.3. The van der Waals surface area contributed by atoms with Crippen LogP contribution in [0.1, 0.15) is 0 Å². The van der Waals surface area contributed by atoms with Crippen molar-refractivity contribution in [2.24, 2.45) is 0 Å². The topological polar surface area (TPSA) is 50.8 Å². The van der Waals surface area contributed by atoms with Crippen LogP contribution in [0.4, 0.5) is 0 Å². The molecule has 0 saturated carbocycles. The molecular formula is C4H14N2O3P2. The highest BCUT2D eigenvalue weighted by atomic mass is 31.2. The van der Waals surface area contributed by atoms with E-state index in [1.54, 1.807) is 0 Å². The second-order valence-electron chi connectivity index (χ2n) is 1.98. The lowest BCUT2D eigenvalue weighted by atomic mass is 11.3. The second kappa shape index (κ2) is 5.20. The van der Waals surface area contributed by atoms with Crippen LogP contribution in [0.15, 0.2) is 0 Å². The Morgan fingerprint density at radius 3 is 2.09 bits per heavy atom. The molecule has 0 rings (SSSR count). The molecule has 0 amide bonds. The molecule has 11 heavy (non-hydrogen) atoms. The summed E-state index contributed by atoms with van der Waals surface area (Å²) >= 11 is 0. The van der Waals surface area contributed by atoms with Crippen molar-refractivity contribution in [2.45, 2.75) is 0 Å². The Kier molecular flexibility index (Phi) is 5.44. The van der Waals surface area contributed by atoms with Gasteiger partial charge in [0, 0.05) is 23.1 Å². The van der Waals surface area contributed by atoms with Crippen molar-refractivity contribution in [3.05, 3.63) is 0 Å². The molecule has 0 aromatic heterocycles. The highest BCUT2D eigenvalue weighted by Crippen LogP contribution is 2.45. The lowest BCUT2D eigenvalue weighted by Crippen LogP contribution is -2.09. The first-order valence-electron chi connectivity index (χ1n) is 2.96. The van der Waals surface area contributed by atoms with Gasteiger partial charge in [0.1, 0.15) is 0 Å². The number of hydrogen-bond donors (Lipinski definition) is 1. The summed E-state index contributed by atoms with van der Waals surface area (Å²) in [7, 11) is 3.62. The molecule has 0 radical (unpaired) electrons. The van der Waals surface area contributed by atoms with Crippen LogP contribution in [-0.4, -0.2) is 33.0 Å². The van der Waals surface area contributed by atoms with Gasteiger partial charge < -0.3 is 0 Å². The minimum atomic E-state index is -3.01. The zero-order chi connectivity index (χ0) is 8.91. The van der Waals surface area contributed by atoms with Gasteiger partial charge in [-0.05, 0) is 14.1 Å². The molecule has 0 aromatic carbocycles. The van der Waals surface area contributed by atoms with Gasteiger partial charge in [-0.25, -0.2) is 4.57 Å². The summed E-state index contributed by atoms with van der Waals surface area (Å²) in [6.07, 6.45) is 0. The summed E-state index contributed by atoms with van der Waals surface area (Å²) in [5.74, 6) is 0. The third-order valence-corrected chi connectivity index (χ3v) is 3.80. The molecule has 0 aliphatic heterocycles. The van der Waals surface area contributed by atoms with Crippen molar-refractivity contribution in [1.29, 1.82) is 0 Å². The largest absolute Gasteiger partial charge is 0.409 e. The van der Waals surface area contributed by atoms with Crippen molar-refractivity contribution in [2.75, 3.05) is 28.3 Å². The molecule has 0 fully saturated rings. The van der Waals surface area contributed by atoms with Crippen LogP contribution in [0.25, 0.3) is 0 Å². The van der Waals surface area contributed by atoms with Gasteiger partial charge >= 0.3 is 7.75 Å². The van der Waals surface area contributed by atoms with Gasteiger partial charge in [0.25, 0.3) is 0 Å². The van der Waals surface area contributed by atoms with Gasteiger partial charge in [-0.2, -0.15) is 4.86 Å². The number of nitrogens with one attached hydrogen (secondary N) is 1. The van der Waals surface area contributed by atoms with E-state index in [9.17, 15) is 4.57 Å².